The van der Waals surface area contributed by atoms with Gasteiger partial charge in [-0.15, -0.1) is 0 Å². The molecule has 4 rings (SSSR count). The lowest BCUT2D eigenvalue weighted by Crippen LogP contribution is -2.42. The summed E-state index contributed by atoms with van der Waals surface area (Å²) >= 11 is 0. The molecule has 26 heavy (non-hydrogen) atoms. The Morgan fingerprint density at radius 2 is 1.77 bits per heavy atom. The number of carbonyl (C=O) groups is 1. The summed E-state index contributed by atoms with van der Waals surface area (Å²) in [6.45, 7) is 2.84. The van der Waals surface area contributed by atoms with Crippen LogP contribution >= 0.6 is 0 Å². The second-order valence-corrected chi connectivity index (χ2v) is 6.71. The number of nitrogens with zero attached hydrogens (tertiary/aromatic N) is 3. The second kappa shape index (κ2) is 7.08. The number of rotatable bonds is 2. The van der Waals surface area contributed by atoms with Crippen molar-refractivity contribution in [3.8, 4) is 0 Å². The quantitative estimate of drug-likeness (QED) is 0.713. The number of carbonyl (C=O) groups excluding carboxylic acids is 1. The van der Waals surface area contributed by atoms with Crippen molar-refractivity contribution < 1.29 is 4.79 Å². The maximum absolute atomic E-state index is 13.1. The van der Waals surface area contributed by atoms with Gasteiger partial charge in [0.2, 0.25) is 0 Å². The molecule has 2 unspecified atom stereocenters. The smallest absolute Gasteiger partial charge is 0.255 e. The first kappa shape index (κ1) is 16.5. The Bertz CT molecular complexity index is 896. The Hall–Kier alpha value is -3.01. The van der Waals surface area contributed by atoms with Crippen LogP contribution < -0.4 is 0 Å². The fourth-order valence-electron chi connectivity index (χ4n) is 3.94. The Kier molecular flexibility index (Phi) is 4.48. The van der Waals surface area contributed by atoms with Crippen molar-refractivity contribution in [1.82, 2.24) is 15.1 Å². The molecule has 1 aliphatic rings. The van der Waals surface area contributed by atoms with Gasteiger partial charge in [0.15, 0.2) is 0 Å². The lowest BCUT2D eigenvalue weighted by Gasteiger charge is -2.33. The highest BCUT2D eigenvalue weighted by atomic mass is 16.2. The van der Waals surface area contributed by atoms with Crippen molar-refractivity contribution in [2.45, 2.75) is 25.3 Å². The summed E-state index contributed by atoms with van der Waals surface area (Å²) in [6.07, 6.45) is 3.97. The zero-order valence-corrected chi connectivity index (χ0v) is 14.7. The molecule has 0 spiro atoms. The van der Waals surface area contributed by atoms with E-state index in [4.69, 9.17) is 0 Å². The standard InChI is InChI=1S/C22H21N3O/c1-16-21(18-8-3-2-4-9-18)20-10-6-5-7-17(20)12-14-25(16)22(26)19-11-13-23-24-15-19/h2-11,13,15-16,21H,12,14H2,1H3. The highest BCUT2D eigenvalue weighted by Crippen LogP contribution is 2.36. The summed E-state index contributed by atoms with van der Waals surface area (Å²) in [5.41, 5.74) is 4.45. The van der Waals surface area contributed by atoms with Crippen LogP contribution in [0, 0.1) is 0 Å². The van der Waals surface area contributed by atoms with Gasteiger partial charge in [0, 0.05) is 18.5 Å². The third kappa shape index (κ3) is 2.99. The molecule has 2 atom stereocenters. The normalized spacial score (nSPS) is 19.5. The van der Waals surface area contributed by atoms with E-state index < -0.39 is 0 Å². The summed E-state index contributed by atoms with van der Waals surface area (Å²) in [7, 11) is 0. The lowest BCUT2D eigenvalue weighted by atomic mass is 9.83. The number of benzene rings is 2. The van der Waals surface area contributed by atoms with Crippen LogP contribution in [-0.2, 0) is 6.42 Å². The van der Waals surface area contributed by atoms with E-state index in [1.54, 1.807) is 18.5 Å². The van der Waals surface area contributed by atoms with E-state index in [1.165, 1.54) is 16.7 Å². The van der Waals surface area contributed by atoms with Crippen molar-refractivity contribution in [1.29, 1.82) is 0 Å². The molecular formula is C22H21N3O. The van der Waals surface area contributed by atoms with E-state index in [0.717, 1.165) is 6.42 Å². The molecule has 0 saturated carbocycles. The molecule has 0 fully saturated rings. The zero-order valence-electron chi connectivity index (χ0n) is 14.7. The molecule has 4 nitrogen and oxygen atoms in total. The minimum Gasteiger partial charge on any atom is -0.335 e. The molecule has 2 aromatic carbocycles. The summed E-state index contributed by atoms with van der Waals surface area (Å²) in [5, 5.41) is 7.65. The number of aromatic nitrogens is 2. The number of fused-ring (bicyclic) bond motifs is 1. The SMILES string of the molecule is CC1C(c2ccccc2)c2ccccc2CCN1C(=O)c1ccnnc1. The Morgan fingerprint density at radius 3 is 2.54 bits per heavy atom. The van der Waals surface area contributed by atoms with Gasteiger partial charge in [-0.05, 0) is 36.1 Å². The Morgan fingerprint density at radius 1 is 1.00 bits per heavy atom. The summed E-state index contributed by atoms with van der Waals surface area (Å²) < 4.78 is 0. The minimum absolute atomic E-state index is 0.0149. The Balaban J connectivity index is 1.78. The number of hydrogen-bond donors (Lipinski definition) is 0. The molecule has 0 N–H and O–H groups in total. The van der Waals surface area contributed by atoms with Gasteiger partial charge >= 0.3 is 0 Å². The predicted molar refractivity (Wildman–Crippen MR) is 101 cm³/mol. The monoisotopic (exact) mass is 343 g/mol. The molecule has 0 radical (unpaired) electrons. The predicted octanol–water partition coefficient (Wildman–Crippen LogP) is 3.70. The van der Waals surface area contributed by atoms with Crippen LogP contribution in [0.5, 0.6) is 0 Å². The third-order valence-corrected chi connectivity index (χ3v) is 5.24. The summed E-state index contributed by atoms with van der Waals surface area (Å²) in [5.74, 6) is 0.162. The van der Waals surface area contributed by atoms with E-state index in [1.807, 2.05) is 11.0 Å². The van der Waals surface area contributed by atoms with Crippen molar-refractivity contribution >= 4 is 5.91 Å². The van der Waals surface area contributed by atoms with Crippen LogP contribution in [0.2, 0.25) is 0 Å². The molecule has 1 aromatic heterocycles. The first-order valence-corrected chi connectivity index (χ1v) is 8.96. The molecule has 0 bridgehead atoms. The zero-order chi connectivity index (χ0) is 17.9. The van der Waals surface area contributed by atoms with E-state index in [2.05, 4.69) is 65.7 Å². The van der Waals surface area contributed by atoms with Crippen molar-refractivity contribution in [2.24, 2.45) is 0 Å². The van der Waals surface area contributed by atoms with Crippen LogP contribution in [0.1, 0.15) is 39.9 Å². The van der Waals surface area contributed by atoms with E-state index in [-0.39, 0.29) is 17.9 Å². The number of hydrogen-bond acceptors (Lipinski definition) is 3. The van der Waals surface area contributed by atoms with E-state index in [0.29, 0.717) is 12.1 Å². The molecule has 3 aromatic rings. The highest BCUT2D eigenvalue weighted by Gasteiger charge is 2.33. The van der Waals surface area contributed by atoms with E-state index >= 15 is 0 Å². The van der Waals surface area contributed by atoms with Gasteiger partial charge in [-0.2, -0.15) is 10.2 Å². The average Bonchev–Trinajstić information content (AvgIpc) is 2.85. The Labute approximate surface area is 153 Å². The topological polar surface area (TPSA) is 46.1 Å². The van der Waals surface area contributed by atoms with Gasteiger partial charge in [-0.25, -0.2) is 0 Å². The first-order valence-electron chi connectivity index (χ1n) is 8.96. The molecular weight excluding hydrogens is 322 g/mol. The minimum atomic E-state index is 0.0149. The molecule has 2 heterocycles. The number of amides is 1. The van der Waals surface area contributed by atoms with Gasteiger partial charge in [0.25, 0.3) is 5.91 Å². The molecule has 0 saturated heterocycles. The second-order valence-electron chi connectivity index (χ2n) is 6.71. The molecule has 4 heteroatoms. The van der Waals surface area contributed by atoms with Crippen molar-refractivity contribution in [3.63, 3.8) is 0 Å². The third-order valence-electron chi connectivity index (χ3n) is 5.24. The van der Waals surface area contributed by atoms with Gasteiger partial charge in [0.05, 0.1) is 18.0 Å². The summed E-state index contributed by atoms with van der Waals surface area (Å²) in [4.78, 5) is 15.1. The van der Waals surface area contributed by atoms with Gasteiger partial charge in [-0.1, -0.05) is 54.6 Å². The van der Waals surface area contributed by atoms with E-state index in [9.17, 15) is 4.79 Å². The maximum atomic E-state index is 13.1. The fourth-order valence-corrected chi connectivity index (χ4v) is 3.94. The maximum Gasteiger partial charge on any atom is 0.255 e. The van der Waals surface area contributed by atoms with Gasteiger partial charge in [0.1, 0.15) is 0 Å². The van der Waals surface area contributed by atoms with Gasteiger partial charge in [-0.3, -0.25) is 4.79 Å². The summed E-state index contributed by atoms with van der Waals surface area (Å²) in [6, 6.07) is 20.8. The van der Waals surface area contributed by atoms with Crippen LogP contribution in [0.15, 0.2) is 73.1 Å². The van der Waals surface area contributed by atoms with Crippen molar-refractivity contribution in [2.75, 3.05) is 6.54 Å². The molecule has 1 amide bonds. The lowest BCUT2D eigenvalue weighted by molar-refractivity contribution is 0.0687. The fraction of sp³-hybridized carbons (Fsp3) is 0.227. The van der Waals surface area contributed by atoms with Crippen LogP contribution in [-0.4, -0.2) is 33.6 Å². The van der Waals surface area contributed by atoms with Crippen LogP contribution in [0.3, 0.4) is 0 Å². The highest BCUT2D eigenvalue weighted by molar-refractivity contribution is 5.94. The largest absolute Gasteiger partial charge is 0.335 e. The molecule has 1 aliphatic heterocycles. The van der Waals surface area contributed by atoms with Crippen LogP contribution in [0.4, 0.5) is 0 Å². The molecule has 0 aliphatic carbocycles. The average molecular weight is 343 g/mol. The molecule has 130 valence electrons. The van der Waals surface area contributed by atoms with Crippen LogP contribution in [0.25, 0.3) is 0 Å². The van der Waals surface area contributed by atoms with Gasteiger partial charge < -0.3 is 4.90 Å². The van der Waals surface area contributed by atoms with Crippen molar-refractivity contribution in [3.05, 3.63) is 95.3 Å². The first-order chi connectivity index (χ1) is 12.8.